The number of amides is 1. The molecule has 0 aromatic heterocycles. The summed E-state index contributed by atoms with van der Waals surface area (Å²) in [4.78, 5) is 17.5. The Labute approximate surface area is 150 Å². The molecule has 3 saturated heterocycles. The number of anilines is 2. The van der Waals surface area contributed by atoms with E-state index in [4.69, 9.17) is 5.73 Å². The molecular weight excluding hydrogens is 316 g/mol. The largest absolute Gasteiger partial charge is 0.398 e. The average Bonchev–Trinajstić information content (AvgIpc) is 2.88. The van der Waals surface area contributed by atoms with E-state index in [1.807, 2.05) is 18.2 Å². The molecule has 3 fully saturated rings. The molecule has 3 aliphatic heterocycles. The van der Waals surface area contributed by atoms with Gasteiger partial charge in [0.1, 0.15) is 0 Å². The van der Waals surface area contributed by atoms with Crippen molar-refractivity contribution in [3.8, 4) is 0 Å². The Bertz CT molecular complexity index is 618. The standard InChI is InChI=1S/C19H30N4O2/c1-19(2,25)7-8-21-18(24)16-13-15(3-4-17(16)20)23-12-11-22-9-5-14(23)6-10-22/h3-4,13-14,25H,5-12,20H2,1-2H3,(H,21,24). The van der Waals surface area contributed by atoms with Crippen molar-refractivity contribution >= 4 is 17.3 Å². The van der Waals surface area contributed by atoms with Gasteiger partial charge in [0.25, 0.3) is 5.91 Å². The Morgan fingerprint density at radius 1 is 1.28 bits per heavy atom. The van der Waals surface area contributed by atoms with E-state index < -0.39 is 5.60 Å². The molecule has 1 amide bonds. The smallest absolute Gasteiger partial charge is 0.253 e. The van der Waals surface area contributed by atoms with Crippen molar-refractivity contribution in [2.75, 3.05) is 43.4 Å². The summed E-state index contributed by atoms with van der Waals surface area (Å²) in [6.45, 7) is 8.30. The first kappa shape index (κ1) is 18.0. The molecule has 0 atom stereocenters. The number of rotatable bonds is 5. The molecule has 1 aromatic carbocycles. The van der Waals surface area contributed by atoms with Crippen LogP contribution in [-0.4, -0.2) is 60.3 Å². The SMILES string of the molecule is CC(C)(O)CCNC(=O)c1cc(N2CCN3CCC2CC3)ccc1N. The highest BCUT2D eigenvalue weighted by Crippen LogP contribution is 2.29. The van der Waals surface area contributed by atoms with Gasteiger partial charge in [0.15, 0.2) is 0 Å². The molecule has 6 heteroatoms. The van der Waals surface area contributed by atoms with E-state index in [0.717, 1.165) is 18.8 Å². The quantitative estimate of drug-likeness (QED) is 0.703. The maximum absolute atomic E-state index is 12.5. The molecule has 0 radical (unpaired) electrons. The minimum absolute atomic E-state index is 0.175. The summed E-state index contributed by atoms with van der Waals surface area (Å²) in [5.74, 6) is -0.175. The number of hydrogen-bond acceptors (Lipinski definition) is 5. The Balaban J connectivity index is 1.72. The van der Waals surface area contributed by atoms with Crippen LogP contribution in [0.5, 0.6) is 0 Å². The summed E-state index contributed by atoms with van der Waals surface area (Å²) in [7, 11) is 0. The summed E-state index contributed by atoms with van der Waals surface area (Å²) < 4.78 is 0. The number of nitrogens with one attached hydrogen (secondary N) is 1. The third-order valence-corrected chi connectivity index (χ3v) is 5.29. The van der Waals surface area contributed by atoms with Crippen molar-refractivity contribution in [2.45, 2.75) is 44.8 Å². The van der Waals surface area contributed by atoms with Crippen molar-refractivity contribution in [2.24, 2.45) is 0 Å². The fourth-order valence-electron chi connectivity index (χ4n) is 3.72. The topological polar surface area (TPSA) is 81.8 Å². The number of carbonyl (C=O) groups excluding carboxylic acids is 1. The summed E-state index contributed by atoms with van der Waals surface area (Å²) in [6, 6.07) is 6.32. The highest BCUT2D eigenvalue weighted by molar-refractivity contribution is 6.00. The number of aliphatic hydroxyl groups is 1. The second-order valence-electron chi connectivity index (χ2n) is 7.86. The van der Waals surface area contributed by atoms with Gasteiger partial charge in [-0.2, -0.15) is 0 Å². The van der Waals surface area contributed by atoms with Crippen LogP contribution in [0.1, 0.15) is 43.5 Å². The maximum atomic E-state index is 12.5. The molecular formula is C19H30N4O2. The predicted molar refractivity (Wildman–Crippen MR) is 101 cm³/mol. The molecule has 3 heterocycles. The summed E-state index contributed by atoms with van der Waals surface area (Å²) >= 11 is 0. The molecule has 3 aliphatic rings. The first-order chi connectivity index (χ1) is 11.8. The van der Waals surface area contributed by atoms with Crippen LogP contribution in [0.4, 0.5) is 11.4 Å². The number of piperidine rings is 1. The van der Waals surface area contributed by atoms with Crippen LogP contribution in [0.15, 0.2) is 18.2 Å². The van der Waals surface area contributed by atoms with Crippen LogP contribution in [-0.2, 0) is 0 Å². The highest BCUT2D eigenvalue weighted by atomic mass is 16.3. The third-order valence-electron chi connectivity index (χ3n) is 5.29. The Kier molecular flexibility index (Phi) is 5.20. The van der Waals surface area contributed by atoms with Crippen LogP contribution in [0.25, 0.3) is 0 Å². The normalized spacial score (nSPS) is 23.4. The molecule has 138 valence electrons. The molecule has 4 N–H and O–H groups in total. The monoisotopic (exact) mass is 346 g/mol. The molecule has 0 unspecified atom stereocenters. The van der Waals surface area contributed by atoms with Crippen molar-refractivity contribution < 1.29 is 9.90 Å². The summed E-state index contributed by atoms with van der Waals surface area (Å²) in [5.41, 5.74) is 7.35. The number of benzene rings is 1. The average molecular weight is 346 g/mol. The van der Waals surface area contributed by atoms with Gasteiger partial charge in [-0.05, 0) is 51.3 Å². The first-order valence-corrected chi connectivity index (χ1v) is 9.22. The van der Waals surface area contributed by atoms with Gasteiger partial charge in [-0.3, -0.25) is 4.79 Å². The van der Waals surface area contributed by atoms with E-state index >= 15 is 0 Å². The van der Waals surface area contributed by atoms with E-state index in [1.54, 1.807) is 13.8 Å². The van der Waals surface area contributed by atoms with E-state index in [0.29, 0.717) is 30.3 Å². The van der Waals surface area contributed by atoms with E-state index in [2.05, 4.69) is 15.1 Å². The Morgan fingerprint density at radius 2 is 2.00 bits per heavy atom. The second kappa shape index (κ2) is 7.22. The number of nitrogens with zero attached hydrogens (tertiary/aromatic N) is 2. The first-order valence-electron chi connectivity index (χ1n) is 9.22. The van der Waals surface area contributed by atoms with Crippen molar-refractivity contribution in [3.63, 3.8) is 0 Å². The molecule has 6 nitrogen and oxygen atoms in total. The van der Waals surface area contributed by atoms with Gasteiger partial charge in [-0.1, -0.05) is 0 Å². The van der Waals surface area contributed by atoms with Crippen molar-refractivity contribution in [1.82, 2.24) is 10.2 Å². The fraction of sp³-hybridized carbons (Fsp3) is 0.632. The minimum atomic E-state index is -0.791. The molecule has 0 saturated carbocycles. The van der Waals surface area contributed by atoms with Crippen LogP contribution >= 0.6 is 0 Å². The number of nitrogens with two attached hydrogens (primary N) is 1. The van der Waals surface area contributed by atoms with Crippen LogP contribution < -0.4 is 16.0 Å². The lowest BCUT2D eigenvalue weighted by Crippen LogP contribution is -2.38. The summed E-state index contributed by atoms with van der Waals surface area (Å²) in [6.07, 6.45) is 2.86. The van der Waals surface area contributed by atoms with Gasteiger partial charge in [-0.15, -0.1) is 0 Å². The molecule has 2 bridgehead atoms. The Hall–Kier alpha value is -1.79. The van der Waals surface area contributed by atoms with Gasteiger partial charge < -0.3 is 26.0 Å². The molecule has 0 spiro atoms. The van der Waals surface area contributed by atoms with Crippen LogP contribution in [0, 0.1) is 0 Å². The number of hydrogen-bond donors (Lipinski definition) is 3. The third kappa shape index (κ3) is 4.44. The van der Waals surface area contributed by atoms with Gasteiger partial charge in [-0.25, -0.2) is 0 Å². The van der Waals surface area contributed by atoms with Gasteiger partial charge in [0.2, 0.25) is 0 Å². The van der Waals surface area contributed by atoms with Crippen molar-refractivity contribution in [1.29, 1.82) is 0 Å². The second-order valence-corrected chi connectivity index (χ2v) is 7.86. The predicted octanol–water partition coefficient (Wildman–Crippen LogP) is 1.44. The molecule has 1 aromatic rings. The molecule has 0 aliphatic carbocycles. The molecule has 4 rings (SSSR count). The zero-order valence-corrected chi connectivity index (χ0v) is 15.3. The maximum Gasteiger partial charge on any atom is 0.253 e. The van der Waals surface area contributed by atoms with Gasteiger partial charge in [0.05, 0.1) is 11.2 Å². The van der Waals surface area contributed by atoms with Gasteiger partial charge in [0, 0.05) is 50.1 Å². The number of fused-ring (bicyclic) bond motifs is 4. The highest BCUT2D eigenvalue weighted by Gasteiger charge is 2.29. The lowest BCUT2D eigenvalue weighted by Gasteiger charge is -2.33. The van der Waals surface area contributed by atoms with Gasteiger partial charge >= 0.3 is 0 Å². The van der Waals surface area contributed by atoms with E-state index in [9.17, 15) is 9.90 Å². The lowest BCUT2D eigenvalue weighted by molar-refractivity contribution is 0.0693. The number of nitrogen functional groups attached to an aromatic ring is 1. The summed E-state index contributed by atoms with van der Waals surface area (Å²) in [5, 5.41) is 12.6. The Morgan fingerprint density at radius 3 is 2.68 bits per heavy atom. The van der Waals surface area contributed by atoms with E-state index in [-0.39, 0.29) is 5.91 Å². The lowest BCUT2D eigenvalue weighted by atomic mass is 10.0. The zero-order valence-electron chi connectivity index (χ0n) is 15.3. The number of carbonyl (C=O) groups is 1. The van der Waals surface area contributed by atoms with E-state index in [1.165, 1.54) is 25.9 Å². The fourth-order valence-corrected chi connectivity index (χ4v) is 3.72. The molecule has 25 heavy (non-hydrogen) atoms. The van der Waals surface area contributed by atoms with Crippen LogP contribution in [0.2, 0.25) is 0 Å². The van der Waals surface area contributed by atoms with Crippen LogP contribution in [0.3, 0.4) is 0 Å². The minimum Gasteiger partial charge on any atom is -0.398 e. The van der Waals surface area contributed by atoms with Crippen molar-refractivity contribution in [3.05, 3.63) is 23.8 Å². The zero-order chi connectivity index (χ0) is 18.0.